The fraction of sp³-hybridized carbons (Fsp3) is 0.0526. The van der Waals surface area contributed by atoms with Crippen LogP contribution < -0.4 is 4.74 Å². The van der Waals surface area contributed by atoms with E-state index in [2.05, 4.69) is 28.4 Å². The van der Waals surface area contributed by atoms with Crippen molar-refractivity contribution in [1.82, 2.24) is 15.0 Å². The molecular weight excluding hydrogens is 286 g/mol. The summed E-state index contributed by atoms with van der Waals surface area (Å²) in [5.41, 5.74) is 4.67. The van der Waals surface area contributed by atoms with E-state index in [1.54, 1.807) is 11.9 Å². The van der Waals surface area contributed by atoms with Crippen molar-refractivity contribution in [3.8, 4) is 22.6 Å². The third-order valence-electron chi connectivity index (χ3n) is 3.69. The number of aromatic nitrogens is 3. The average Bonchev–Trinajstić information content (AvgIpc) is 3.06. The molecule has 111 valence electrons. The van der Waals surface area contributed by atoms with Crippen LogP contribution in [0.25, 0.3) is 27.8 Å². The molecule has 1 aromatic heterocycles. The van der Waals surface area contributed by atoms with E-state index in [1.165, 1.54) is 0 Å². The first-order valence-corrected chi connectivity index (χ1v) is 7.32. The van der Waals surface area contributed by atoms with Crippen LogP contribution in [0, 0.1) is 6.07 Å². The zero-order valence-electron chi connectivity index (χ0n) is 12.6. The van der Waals surface area contributed by atoms with Gasteiger partial charge < -0.3 is 4.74 Å². The van der Waals surface area contributed by atoms with Crippen LogP contribution in [0.5, 0.6) is 5.75 Å². The number of methoxy groups -OCH3 is 1. The van der Waals surface area contributed by atoms with E-state index >= 15 is 0 Å². The van der Waals surface area contributed by atoms with Crippen LogP contribution >= 0.6 is 0 Å². The fourth-order valence-corrected chi connectivity index (χ4v) is 2.50. The first-order chi connectivity index (χ1) is 11.3. The second-order valence-corrected chi connectivity index (χ2v) is 5.17. The number of hydrogen-bond acceptors (Lipinski definition) is 3. The smallest absolute Gasteiger partial charge is 0.121 e. The highest BCUT2D eigenvalue weighted by Gasteiger charge is 2.07. The molecule has 0 N–H and O–H groups in total. The molecule has 1 heterocycles. The van der Waals surface area contributed by atoms with Gasteiger partial charge in [-0.15, -0.1) is 10.2 Å². The summed E-state index contributed by atoms with van der Waals surface area (Å²) < 4.78 is 5.23. The first kappa shape index (κ1) is 13.5. The molecule has 0 fully saturated rings. The molecule has 0 unspecified atom stereocenters. The van der Waals surface area contributed by atoms with Gasteiger partial charge in [0.2, 0.25) is 0 Å². The van der Waals surface area contributed by atoms with Crippen LogP contribution in [-0.2, 0) is 0 Å². The van der Waals surface area contributed by atoms with E-state index < -0.39 is 0 Å². The summed E-state index contributed by atoms with van der Waals surface area (Å²) in [6.07, 6.45) is 0. The number of benzene rings is 3. The third kappa shape index (κ3) is 2.55. The quantitative estimate of drug-likeness (QED) is 0.576. The number of ether oxygens (including phenoxy) is 1. The van der Waals surface area contributed by atoms with Gasteiger partial charge in [-0.3, -0.25) is 0 Å². The number of nitrogens with zero attached hydrogens (tertiary/aromatic N) is 3. The summed E-state index contributed by atoms with van der Waals surface area (Å²) in [5, 5.41) is 9.07. The monoisotopic (exact) mass is 300 g/mol. The Bertz CT molecular complexity index is 961. The van der Waals surface area contributed by atoms with Crippen molar-refractivity contribution in [2.45, 2.75) is 0 Å². The highest BCUT2D eigenvalue weighted by atomic mass is 16.5. The summed E-state index contributed by atoms with van der Waals surface area (Å²) in [6, 6.07) is 25.0. The lowest BCUT2D eigenvalue weighted by atomic mass is 10.1. The summed E-state index contributed by atoms with van der Waals surface area (Å²) in [7, 11) is 1.64. The van der Waals surface area contributed by atoms with Crippen LogP contribution in [0.1, 0.15) is 0 Å². The van der Waals surface area contributed by atoms with Gasteiger partial charge in [0.1, 0.15) is 16.8 Å². The number of rotatable bonds is 3. The fourth-order valence-electron chi connectivity index (χ4n) is 2.50. The van der Waals surface area contributed by atoms with Crippen LogP contribution in [0.4, 0.5) is 0 Å². The summed E-state index contributed by atoms with van der Waals surface area (Å²) in [6.45, 7) is 0. The zero-order valence-corrected chi connectivity index (χ0v) is 12.6. The zero-order chi connectivity index (χ0) is 15.6. The average molecular weight is 300 g/mol. The Balaban J connectivity index is 1.79. The van der Waals surface area contributed by atoms with Crippen molar-refractivity contribution in [2.75, 3.05) is 7.11 Å². The molecular formula is C19H14N3O. The van der Waals surface area contributed by atoms with Gasteiger partial charge in [-0.1, -0.05) is 36.4 Å². The molecule has 4 nitrogen and oxygen atoms in total. The van der Waals surface area contributed by atoms with Gasteiger partial charge in [-0.25, -0.2) is 0 Å². The number of hydrogen-bond donors (Lipinski definition) is 0. The molecule has 0 saturated carbocycles. The third-order valence-corrected chi connectivity index (χ3v) is 3.69. The van der Waals surface area contributed by atoms with Gasteiger partial charge in [-0.05, 0) is 41.5 Å². The van der Waals surface area contributed by atoms with Crippen LogP contribution in [0.15, 0.2) is 66.7 Å². The lowest BCUT2D eigenvalue weighted by Crippen LogP contribution is -1.98. The van der Waals surface area contributed by atoms with Crippen LogP contribution in [-0.4, -0.2) is 22.1 Å². The van der Waals surface area contributed by atoms with E-state index in [0.717, 1.165) is 33.6 Å². The topological polar surface area (TPSA) is 39.9 Å². The Morgan fingerprint density at radius 1 is 0.913 bits per heavy atom. The van der Waals surface area contributed by atoms with Gasteiger partial charge in [0.05, 0.1) is 12.8 Å². The Morgan fingerprint density at radius 2 is 1.74 bits per heavy atom. The minimum atomic E-state index is 0.774. The minimum Gasteiger partial charge on any atom is -0.497 e. The lowest BCUT2D eigenvalue weighted by molar-refractivity contribution is 0.415. The normalized spacial score (nSPS) is 10.8. The molecule has 0 atom stereocenters. The molecule has 1 radical (unpaired) electrons. The van der Waals surface area contributed by atoms with Crippen molar-refractivity contribution in [2.24, 2.45) is 0 Å². The Labute approximate surface area is 134 Å². The van der Waals surface area contributed by atoms with Gasteiger partial charge in [-0.2, -0.15) is 4.80 Å². The predicted molar refractivity (Wildman–Crippen MR) is 89.7 cm³/mol. The molecule has 0 spiro atoms. The molecule has 23 heavy (non-hydrogen) atoms. The van der Waals surface area contributed by atoms with Crippen molar-refractivity contribution in [3.63, 3.8) is 0 Å². The van der Waals surface area contributed by atoms with Gasteiger partial charge in [0.15, 0.2) is 0 Å². The molecule has 4 heteroatoms. The van der Waals surface area contributed by atoms with E-state index in [1.807, 2.05) is 54.6 Å². The molecule has 0 amide bonds. The minimum absolute atomic E-state index is 0.774. The molecule has 4 aromatic rings. The maximum Gasteiger partial charge on any atom is 0.121 e. The van der Waals surface area contributed by atoms with E-state index in [-0.39, 0.29) is 0 Å². The second-order valence-electron chi connectivity index (χ2n) is 5.17. The molecule has 0 aliphatic heterocycles. The van der Waals surface area contributed by atoms with Crippen molar-refractivity contribution in [3.05, 3.63) is 72.8 Å². The predicted octanol–water partition coefficient (Wildman–Crippen LogP) is 3.90. The lowest BCUT2D eigenvalue weighted by Gasteiger charge is -2.04. The first-order valence-electron chi connectivity index (χ1n) is 7.32. The SMILES string of the molecule is COc1ccc2nn(-c3cc[c]c(-c4ccccc4)c3)nc2c1. The highest BCUT2D eigenvalue weighted by molar-refractivity contribution is 5.76. The molecule has 4 rings (SSSR count). The number of fused-ring (bicyclic) bond motifs is 1. The second kappa shape index (κ2) is 5.57. The molecule has 0 aliphatic carbocycles. The van der Waals surface area contributed by atoms with Gasteiger partial charge >= 0.3 is 0 Å². The van der Waals surface area contributed by atoms with E-state index in [9.17, 15) is 0 Å². The molecule has 0 bridgehead atoms. The van der Waals surface area contributed by atoms with Gasteiger partial charge in [0.25, 0.3) is 0 Å². The van der Waals surface area contributed by atoms with Gasteiger partial charge in [0, 0.05) is 6.07 Å². The van der Waals surface area contributed by atoms with Crippen molar-refractivity contribution < 1.29 is 4.74 Å². The Morgan fingerprint density at radius 3 is 2.57 bits per heavy atom. The van der Waals surface area contributed by atoms with Crippen molar-refractivity contribution >= 4 is 11.0 Å². The summed E-state index contributed by atoms with van der Waals surface area (Å²) >= 11 is 0. The molecule has 0 saturated heterocycles. The molecule has 3 aromatic carbocycles. The largest absolute Gasteiger partial charge is 0.497 e. The highest BCUT2D eigenvalue weighted by Crippen LogP contribution is 2.22. The summed E-state index contributed by atoms with van der Waals surface area (Å²) in [4.78, 5) is 1.64. The van der Waals surface area contributed by atoms with Crippen LogP contribution in [0.2, 0.25) is 0 Å². The van der Waals surface area contributed by atoms with Crippen LogP contribution in [0.3, 0.4) is 0 Å². The Kier molecular flexibility index (Phi) is 3.27. The standard InChI is InChI=1S/C19H14N3O/c1-23-17-10-11-18-19(13-17)21-22(20-18)16-9-5-8-15(12-16)14-6-3-2-4-7-14/h2-7,9-13H,1H3. The Hall–Kier alpha value is -3.14. The van der Waals surface area contributed by atoms with Crippen molar-refractivity contribution in [1.29, 1.82) is 0 Å². The summed E-state index contributed by atoms with van der Waals surface area (Å²) in [5.74, 6) is 0.774. The molecule has 0 aliphatic rings. The maximum absolute atomic E-state index is 5.23. The maximum atomic E-state index is 5.23. The van der Waals surface area contributed by atoms with E-state index in [4.69, 9.17) is 4.74 Å². The van der Waals surface area contributed by atoms with E-state index in [0.29, 0.717) is 0 Å².